The lowest BCUT2D eigenvalue weighted by Crippen LogP contribution is -2.39. The van der Waals surface area contributed by atoms with Crippen molar-refractivity contribution in [3.8, 4) is 17.2 Å². The molecule has 1 heterocycles. The minimum absolute atomic E-state index is 0.0368. The number of methoxy groups -OCH3 is 1. The van der Waals surface area contributed by atoms with Crippen LogP contribution in [-0.2, 0) is 16.1 Å². The standard InChI is InChI=1S/C13H15NO6/c1-5-8-7(10(16)11(17)9(5)15)4-14(12(8)18)6(2)13(19)20-3/h6,15-17H,4H2,1-3H3. The summed E-state index contributed by atoms with van der Waals surface area (Å²) in [7, 11) is 1.22. The minimum atomic E-state index is -0.831. The molecule has 0 bridgehead atoms. The quantitative estimate of drug-likeness (QED) is 0.542. The molecule has 1 aromatic rings. The van der Waals surface area contributed by atoms with Crippen molar-refractivity contribution >= 4 is 11.9 Å². The Labute approximate surface area is 115 Å². The van der Waals surface area contributed by atoms with E-state index in [0.29, 0.717) is 0 Å². The van der Waals surface area contributed by atoms with E-state index in [1.54, 1.807) is 0 Å². The van der Waals surface area contributed by atoms with E-state index in [2.05, 4.69) is 4.74 Å². The number of phenolic OH excluding ortho intramolecular Hbond substituents is 3. The van der Waals surface area contributed by atoms with E-state index in [0.717, 1.165) is 0 Å². The van der Waals surface area contributed by atoms with E-state index in [1.807, 2.05) is 0 Å². The van der Waals surface area contributed by atoms with Crippen LogP contribution >= 0.6 is 0 Å². The van der Waals surface area contributed by atoms with Gasteiger partial charge in [-0.05, 0) is 13.8 Å². The van der Waals surface area contributed by atoms with Crippen molar-refractivity contribution in [2.45, 2.75) is 26.4 Å². The van der Waals surface area contributed by atoms with Gasteiger partial charge < -0.3 is 25.0 Å². The van der Waals surface area contributed by atoms with Crippen LogP contribution in [0.5, 0.6) is 17.2 Å². The largest absolute Gasteiger partial charge is 0.504 e. The Morgan fingerprint density at radius 1 is 1.25 bits per heavy atom. The molecular formula is C13H15NO6. The molecule has 1 aliphatic heterocycles. The topological polar surface area (TPSA) is 107 Å². The van der Waals surface area contributed by atoms with Crippen LogP contribution in [-0.4, -0.2) is 45.2 Å². The third-order valence-electron chi connectivity index (χ3n) is 3.58. The van der Waals surface area contributed by atoms with Gasteiger partial charge in [-0.2, -0.15) is 0 Å². The third kappa shape index (κ3) is 1.74. The van der Waals surface area contributed by atoms with Gasteiger partial charge in [0.15, 0.2) is 11.5 Å². The van der Waals surface area contributed by atoms with E-state index in [-0.39, 0.29) is 23.2 Å². The maximum atomic E-state index is 12.3. The lowest BCUT2D eigenvalue weighted by atomic mass is 10.0. The SMILES string of the molecule is COC(=O)C(C)N1Cc2c(O)c(O)c(O)c(C)c2C1=O. The molecule has 0 radical (unpaired) electrons. The first-order valence-electron chi connectivity index (χ1n) is 5.96. The highest BCUT2D eigenvalue weighted by Crippen LogP contribution is 2.46. The molecule has 1 aromatic carbocycles. The second-order valence-electron chi connectivity index (χ2n) is 4.66. The molecule has 108 valence electrons. The fourth-order valence-corrected chi connectivity index (χ4v) is 2.34. The summed E-state index contributed by atoms with van der Waals surface area (Å²) < 4.78 is 4.59. The minimum Gasteiger partial charge on any atom is -0.504 e. The van der Waals surface area contributed by atoms with E-state index >= 15 is 0 Å². The average Bonchev–Trinajstić information content (AvgIpc) is 2.78. The Hall–Kier alpha value is -2.44. The summed E-state index contributed by atoms with van der Waals surface area (Å²) in [6.07, 6.45) is 0. The molecule has 0 aliphatic carbocycles. The molecule has 7 heteroatoms. The predicted octanol–water partition coefficient (Wildman–Crippen LogP) is 0.629. The fourth-order valence-electron chi connectivity index (χ4n) is 2.34. The maximum Gasteiger partial charge on any atom is 0.328 e. The summed E-state index contributed by atoms with van der Waals surface area (Å²) in [6.45, 7) is 2.92. The molecule has 7 nitrogen and oxygen atoms in total. The Balaban J connectivity index is 2.52. The number of ether oxygens (including phenoxy) is 1. The van der Waals surface area contributed by atoms with Crippen LogP contribution in [0, 0.1) is 6.92 Å². The zero-order valence-electron chi connectivity index (χ0n) is 11.3. The van der Waals surface area contributed by atoms with Gasteiger partial charge >= 0.3 is 5.97 Å². The number of fused-ring (bicyclic) bond motifs is 1. The van der Waals surface area contributed by atoms with Crippen molar-refractivity contribution in [1.29, 1.82) is 0 Å². The maximum absolute atomic E-state index is 12.3. The Bertz CT molecular complexity index is 610. The molecule has 20 heavy (non-hydrogen) atoms. The van der Waals surface area contributed by atoms with Crippen LogP contribution in [0.4, 0.5) is 0 Å². The molecular weight excluding hydrogens is 266 g/mol. The van der Waals surface area contributed by atoms with Gasteiger partial charge in [0.25, 0.3) is 5.91 Å². The van der Waals surface area contributed by atoms with E-state index < -0.39 is 35.2 Å². The average molecular weight is 281 g/mol. The summed E-state index contributed by atoms with van der Waals surface area (Å²) in [5.74, 6) is -2.84. The number of carbonyl (C=O) groups is 2. The third-order valence-corrected chi connectivity index (χ3v) is 3.58. The second kappa shape index (κ2) is 4.59. The van der Waals surface area contributed by atoms with Gasteiger partial charge in [0.1, 0.15) is 6.04 Å². The number of benzene rings is 1. The number of hydrogen-bond donors (Lipinski definition) is 3. The highest BCUT2D eigenvalue weighted by atomic mass is 16.5. The van der Waals surface area contributed by atoms with Gasteiger partial charge in [-0.25, -0.2) is 4.79 Å². The van der Waals surface area contributed by atoms with Crippen LogP contribution in [0.3, 0.4) is 0 Å². The molecule has 0 saturated heterocycles. The van der Waals surface area contributed by atoms with Crippen molar-refractivity contribution in [3.05, 3.63) is 16.7 Å². The van der Waals surface area contributed by atoms with Crippen LogP contribution in [0.15, 0.2) is 0 Å². The van der Waals surface area contributed by atoms with Crippen molar-refractivity contribution in [2.75, 3.05) is 7.11 Å². The van der Waals surface area contributed by atoms with Crippen LogP contribution in [0.1, 0.15) is 28.4 Å². The number of aromatic hydroxyl groups is 3. The molecule has 2 rings (SSSR count). The monoisotopic (exact) mass is 281 g/mol. The molecule has 1 amide bonds. The molecule has 3 N–H and O–H groups in total. The highest BCUT2D eigenvalue weighted by molar-refractivity contribution is 6.03. The smallest absolute Gasteiger partial charge is 0.328 e. The van der Waals surface area contributed by atoms with Gasteiger partial charge in [-0.3, -0.25) is 4.79 Å². The number of amides is 1. The van der Waals surface area contributed by atoms with Crippen molar-refractivity contribution in [1.82, 2.24) is 4.90 Å². The molecule has 1 unspecified atom stereocenters. The number of carbonyl (C=O) groups excluding carboxylic acids is 2. The van der Waals surface area contributed by atoms with Crippen LogP contribution in [0.25, 0.3) is 0 Å². The van der Waals surface area contributed by atoms with Gasteiger partial charge in [-0.15, -0.1) is 0 Å². The summed E-state index contributed by atoms with van der Waals surface area (Å²) in [5, 5.41) is 29.1. The van der Waals surface area contributed by atoms with E-state index in [1.165, 1.54) is 25.9 Å². The summed E-state index contributed by atoms with van der Waals surface area (Å²) in [5.41, 5.74) is 0.465. The first-order valence-corrected chi connectivity index (χ1v) is 5.96. The van der Waals surface area contributed by atoms with Crippen molar-refractivity contribution in [2.24, 2.45) is 0 Å². The number of nitrogens with zero attached hydrogens (tertiary/aromatic N) is 1. The second-order valence-corrected chi connectivity index (χ2v) is 4.66. The normalized spacial score (nSPS) is 15.2. The van der Waals surface area contributed by atoms with Gasteiger partial charge in [0.05, 0.1) is 19.2 Å². The lowest BCUT2D eigenvalue weighted by molar-refractivity contribution is -0.145. The van der Waals surface area contributed by atoms with Crippen molar-refractivity contribution < 1.29 is 29.6 Å². The van der Waals surface area contributed by atoms with E-state index in [4.69, 9.17) is 0 Å². The Morgan fingerprint density at radius 3 is 2.40 bits per heavy atom. The molecule has 1 atom stereocenters. The van der Waals surface area contributed by atoms with Gasteiger partial charge in [-0.1, -0.05) is 0 Å². The predicted molar refractivity (Wildman–Crippen MR) is 67.5 cm³/mol. The Kier molecular flexibility index (Phi) is 3.21. The summed E-state index contributed by atoms with van der Waals surface area (Å²) in [4.78, 5) is 25.0. The van der Waals surface area contributed by atoms with Crippen LogP contribution in [0.2, 0.25) is 0 Å². The number of rotatable bonds is 2. The summed E-state index contributed by atoms with van der Waals surface area (Å²) >= 11 is 0. The molecule has 0 fully saturated rings. The molecule has 1 aliphatic rings. The zero-order chi connectivity index (χ0) is 15.2. The van der Waals surface area contributed by atoms with Crippen molar-refractivity contribution in [3.63, 3.8) is 0 Å². The fraction of sp³-hybridized carbons (Fsp3) is 0.385. The highest BCUT2D eigenvalue weighted by Gasteiger charge is 2.39. The lowest BCUT2D eigenvalue weighted by Gasteiger charge is -2.21. The first-order chi connectivity index (χ1) is 9.31. The van der Waals surface area contributed by atoms with Gasteiger partial charge in [0.2, 0.25) is 5.75 Å². The van der Waals surface area contributed by atoms with Crippen LogP contribution < -0.4 is 0 Å². The molecule has 0 spiro atoms. The van der Waals surface area contributed by atoms with Gasteiger partial charge in [0, 0.05) is 11.1 Å². The molecule has 0 saturated carbocycles. The Morgan fingerprint density at radius 2 is 1.85 bits per heavy atom. The summed E-state index contributed by atoms with van der Waals surface area (Å²) in [6, 6.07) is -0.831. The number of esters is 1. The number of hydrogen-bond acceptors (Lipinski definition) is 6. The first kappa shape index (κ1) is 14.0. The molecule has 0 aromatic heterocycles. The number of phenols is 3. The van der Waals surface area contributed by atoms with E-state index in [9.17, 15) is 24.9 Å². The zero-order valence-corrected chi connectivity index (χ0v) is 11.3.